The predicted octanol–water partition coefficient (Wildman–Crippen LogP) is 2.94. The van der Waals surface area contributed by atoms with Crippen molar-refractivity contribution < 1.29 is 4.39 Å². The summed E-state index contributed by atoms with van der Waals surface area (Å²) in [5.41, 5.74) is 1.83. The zero-order valence-electron chi connectivity index (χ0n) is 17.8. The van der Waals surface area contributed by atoms with Crippen LogP contribution in [0.1, 0.15) is 32.4 Å². The molecule has 1 N–H and O–H groups in total. The number of likely N-dealkylation sites (N-methyl/N-ethyl adjacent to an activating group) is 2. The van der Waals surface area contributed by atoms with Crippen molar-refractivity contribution in [2.45, 2.75) is 39.2 Å². The highest BCUT2D eigenvalue weighted by atomic mass is 19.1. The van der Waals surface area contributed by atoms with Gasteiger partial charge in [0.15, 0.2) is 5.96 Å². The van der Waals surface area contributed by atoms with E-state index in [4.69, 9.17) is 4.99 Å². The standard InChI is InChI=1S/C22H33FN6/c1-4-24-22(27(3)17-21-7-6-15-28(21)5-2)25-14-12-19-13-16-29(26-19)20-10-8-18(23)9-11-20/h8-11,13,16,21H,4-7,12,14-15,17H2,1-3H3,(H,24,25). The summed E-state index contributed by atoms with van der Waals surface area (Å²) in [6.45, 7) is 9.19. The Morgan fingerprint density at radius 2 is 2.07 bits per heavy atom. The first-order chi connectivity index (χ1) is 14.1. The van der Waals surface area contributed by atoms with Crippen LogP contribution in [0.4, 0.5) is 4.39 Å². The average Bonchev–Trinajstić information content (AvgIpc) is 3.37. The Bertz CT molecular complexity index is 785. The maximum atomic E-state index is 13.1. The highest BCUT2D eigenvalue weighted by Crippen LogP contribution is 2.17. The number of hydrogen-bond donors (Lipinski definition) is 1. The SMILES string of the molecule is CCNC(=NCCc1ccn(-c2ccc(F)cc2)n1)N(C)CC1CCCN1CC. The third-order valence-electron chi connectivity index (χ3n) is 5.45. The van der Waals surface area contributed by atoms with E-state index in [0.717, 1.165) is 43.4 Å². The normalized spacial score (nSPS) is 17.7. The van der Waals surface area contributed by atoms with Crippen molar-refractivity contribution in [3.63, 3.8) is 0 Å². The largest absolute Gasteiger partial charge is 0.357 e. The number of likely N-dealkylation sites (tertiary alicyclic amines) is 1. The van der Waals surface area contributed by atoms with Crippen LogP contribution in [-0.4, -0.2) is 71.4 Å². The van der Waals surface area contributed by atoms with Crippen LogP contribution in [0.25, 0.3) is 5.69 Å². The lowest BCUT2D eigenvalue weighted by molar-refractivity contribution is 0.232. The first kappa shape index (κ1) is 21.3. The summed E-state index contributed by atoms with van der Waals surface area (Å²) >= 11 is 0. The maximum Gasteiger partial charge on any atom is 0.193 e. The molecule has 1 aliphatic rings. The van der Waals surface area contributed by atoms with Gasteiger partial charge in [0.05, 0.1) is 11.4 Å². The zero-order chi connectivity index (χ0) is 20.6. The van der Waals surface area contributed by atoms with Gasteiger partial charge in [-0.25, -0.2) is 9.07 Å². The van der Waals surface area contributed by atoms with Crippen LogP contribution in [-0.2, 0) is 6.42 Å². The van der Waals surface area contributed by atoms with Crippen LogP contribution in [0.15, 0.2) is 41.5 Å². The van der Waals surface area contributed by atoms with Gasteiger partial charge in [0.25, 0.3) is 0 Å². The van der Waals surface area contributed by atoms with E-state index >= 15 is 0 Å². The Morgan fingerprint density at radius 1 is 1.28 bits per heavy atom. The molecule has 0 saturated carbocycles. The monoisotopic (exact) mass is 400 g/mol. The van der Waals surface area contributed by atoms with Gasteiger partial charge in [0.1, 0.15) is 5.82 Å². The van der Waals surface area contributed by atoms with E-state index < -0.39 is 0 Å². The lowest BCUT2D eigenvalue weighted by Crippen LogP contribution is -2.46. The average molecular weight is 401 g/mol. The van der Waals surface area contributed by atoms with Crippen LogP contribution >= 0.6 is 0 Å². The second-order valence-corrected chi connectivity index (χ2v) is 7.52. The molecule has 6 nitrogen and oxygen atoms in total. The molecule has 1 saturated heterocycles. The number of guanidine groups is 1. The van der Waals surface area contributed by atoms with Crippen LogP contribution in [0.3, 0.4) is 0 Å². The molecule has 0 radical (unpaired) electrons. The van der Waals surface area contributed by atoms with Crippen molar-refractivity contribution in [3.8, 4) is 5.69 Å². The van der Waals surface area contributed by atoms with E-state index in [9.17, 15) is 4.39 Å². The van der Waals surface area contributed by atoms with Gasteiger partial charge < -0.3 is 10.2 Å². The van der Waals surface area contributed by atoms with Gasteiger partial charge in [-0.3, -0.25) is 9.89 Å². The van der Waals surface area contributed by atoms with Crippen LogP contribution in [0.5, 0.6) is 0 Å². The first-order valence-electron chi connectivity index (χ1n) is 10.6. The molecule has 1 unspecified atom stereocenters. The van der Waals surface area contributed by atoms with Gasteiger partial charge in [0, 0.05) is 45.3 Å². The molecule has 1 aromatic carbocycles. The Hall–Kier alpha value is -2.41. The summed E-state index contributed by atoms with van der Waals surface area (Å²) in [7, 11) is 2.12. The fourth-order valence-electron chi connectivity index (χ4n) is 3.90. The smallest absolute Gasteiger partial charge is 0.193 e. The summed E-state index contributed by atoms with van der Waals surface area (Å²) < 4.78 is 14.9. The van der Waals surface area contributed by atoms with E-state index in [0.29, 0.717) is 12.6 Å². The van der Waals surface area contributed by atoms with Crippen molar-refractivity contribution >= 4 is 5.96 Å². The fraction of sp³-hybridized carbons (Fsp3) is 0.545. The summed E-state index contributed by atoms with van der Waals surface area (Å²) in [5, 5.41) is 7.99. The Kier molecular flexibility index (Phi) is 7.63. The first-order valence-corrected chi connectivity index (χ1v) is 10.6. The Morgan fingerprint density at radius 3 is 2.79 bits per heavy atom. The number of halogens is 1. The Balaban J connectivity index is 1.57. The lowest BCUT2D eigenvalue weighted by atomic mass is 10.2. The molecule has 158 valence electrons. The second kappa shape index (κ2) is 10.4. The molecular weight excluding hydrogens is 367 g/mol. The van der Waals surface area contributed by atoms with Gasteiger partial charge in [-0.15, -0.1) is 0 Å². The molecule has 1 aromatic heterocycles. The third kappa shape index (κ3) is 5.79. The van der Waals surface area contributed by atoms with Crippen LogP contribution in [0.2, 0.25) is 0 Å². The van der Waals surface area contributed by atoms with Crippen molar-refractivity contribution in [2.24, 2.45) is 4.99 Å². The van der Waals surface area contributed by atoms with E-state index in [1.807, 2.05) is 12.3 Å². The molecule has 1 fully saturated rings. The van der Waals surface area contributed by atoms with Gasteiger partial charge in [0.2, 0.25) is 0 Å². The van der Waals surface area contributed by atoms with Crippen LogP contribution < -0.4 is 5.32 Å². The van der Waals surface area contributed by atoms with Crippen molar-refractivity contribution in [1.29, 1.82) is 0 Å². The number of nitrogens with one attached hydrogen (secondary N) is 1. The highest BCUT2D eigenvalue weighted by molar-refractivity contribution is 5.79. The minimum absolute atomic E-state index is 0.241. The Labute approximate surface area is 173 Å². The number of benzene rings is 1. The zero-order valence-corrected chi connectivity index (χ0v) is 17.8. The number of rotatable bonds is 8. The van der Waals surface area contributed by atoms with Gasteiger partial charge in [-0.1, -0.05) is 6.92 Å². The molecule has 2 heterocycles. The molecule has 7 heteroatoms. The molecule has 0 bridgehead atoms. The van der Waals surface area contributed by atoms with Crippen molar-refractivity contribution in [3.05, 3.63) is 48.0 Å². The molecule has 1 aliphatic heterocycles. The quantitative estimate of drug-likeness (QED) is 0.547. The van der Waals surface area contributed by atoms with Gasteiger partial charge >= 0.3 is 0 Å². The minimum Gasteiger partial charge on any atom is -0.357 e. The van der Waals surface area contributed by atoms with E-state index in [1.165, 1.54) is 31.5 Å². The summed E-state index contributed by atoms with van der Waals surface area (Å²) in [6.07, 6.45) is 5.22. The number of hydrogen-bond acceptors (Lipinski definition) is 3. The van der Waals surface area contributed by atoms with Gasteiger partial charge in [-0.2, -0.15) is 5.10 Å². The van der Waals surface area contributed by atoms with Crippen molar-refractivity contribution in [1.82, 2.24) is 24.9 Å². The maximum absolute atomic E-state index is 13.1. The molecule has 1 atom stereocenters. The van der Waals surface area contributed by atoms with E-state index in [-0.39, 0.29) is 5.82 Å². The lowest BCUT2D eigenvalue weighted by Gasteiger charge is -2.29. The van der Waals surface area contributed by atoms with E-state index in [2.05, 4.69) is 41.1 Å². The second-order valence-electron chi connectivity index (χ2n) is 7.52. The summed E-state index contributed by atoms with van der Waals surface area (Å²) in [5.74, 6) is 0.712. The molecule has 0 spiro atoms. The molecular formula is C22H33FN6. The number of nitrogens with zero attached hydrogens (tertiary/aromatic N) is 5. The number of aliphatic imine (C=N–C) groups is 1. The van der Waals surface area contributed by atoms with Gasteiger partial charge in [-0.05, 0) is 63.2 Å². The summed E-state index contributed by atoms with van der Waals surface area (Å²) in [6, 6.07) is 8.96. The fourth-order valence-corrected chi connectivity index (χ4v) is 3.90. The molecule has 0 aliphatic carbocycles. The highest BCUT2D eigenvalue weighted by Gasteiger charge is 2.24. The third-order valence-corrected chi connectivity index (χ3v) is 5.45. The molecule has 29 heavy (non-hydrogen) atoms. The molecule has 3 rings (SSSR count). The topological polar surface area (TPSA) is 48.7 Å². The molecule has 2 aromatic rings. The molecule has 0 amide bonds. The van der Waals surface area contributed by atoms with Crippen molar-refractivity contribution in [2.75, 3.05) is 39.8 Å². The predicted molar refractivity (Wildman–Crippen MR) is 116 cm³/mol. The minimum atomic E-state index is -0.241. The van der Waals surface area contributed by atoms with E-state index in [1.54, 1.807) is 16.8 Å². The number of aromatic nitrogens is 2. The van der Waals surface area contributed by atoms with Crippen LogP contribution in [0, 0.1) is 5.82 Å². The summed E-state index contributed by atoms with van der Waals surface area (Å²) in [4.78, 5) is 9.62.